The zero-order valence-corrected chi connectivity index (χ0v) is 13.4. The van der Waals surface area contributed by atoms with E-state index in [2.05, 4.69) is 0 Å². The van der Waals surface area contributed by atoms with E-state index < -0.39 is 0 Å². The highest BCUT2D eigenvalue weighted by Crippen LogP contribution is 2.15. The maximum absolute atomic E-state index is 12.5. The summed E-state index contributed by atoms with van der Waals surface area (Å²) in [6.45, 7) is 4.54. The minimum Gasteiger partial charge on any atom is -0.393 e. The normalized spacial score (nSPS) is 10.4. The number of hydrogen-bond acceptors (Lipinski definition) is 3. The molecule has 0 heterocycles. The molecule has 0 aliphatic rings. The Morgan fingerprint density at radius 2 is 1.80 bits per heavy atom. The molecule has 0 aliphatic heterocycles. The average molecular weight is 293 g/mol. The van der Waals surface area contributed by atoms with Crippen LogP contribution in [0, 0.1) is 0 Å². The van der Waals surface area contributed by atoms with Crippen LogP contribution < -0.4 is 10.6 Å². The third-order valence-electron chi connectivity index (χ3n) is 3.11. The van der Waals surface area contributed by atoms with E-state index in [1.807, 2.05) is 57.1 Å². The van der Waals surface area contributed by atoms with Crippen LogP contribution in [0.1, 0.15) is 30.6 Å². The van der Waals surface area contributed by atoms with Crippen molar-refractivity contribution in [1.82, 2.24) is 4.90 Å². The number of nitrogens with zero attached hydrogens (tertiary/aromatic N) is 2. The second kappa shape index (κ2) is 7.24. The SMILES string of the molecule is CC(C)N(CCC(N)=S)C(=O)c1ccc(N(C)C)cc1. The molecular weight excluding hydrogens is 270 g/mol. The van der Waals surface area contributed by atoms with Crippen LogP contribution in [-0.4, -0.2) is 42.5 Å². The second-order valence-electron chi connectivity index (χ2n) is 5.25. The van der Waals surface area contributed by atoms with E-state index in [0.29, 0.717) is 23.5 Å². The highest BCUT2D eigenvalue weighted by Gasteiger charge is 2.18. The van der Waals surface area contributed by atoms with Crippen LogP contribution in [-0.2, 0) is 0 Å². The van der Waals surface area contributed by atoms with Gasteiger partial charge in [-0.25, -0.2) is 0 Å². The number of hydrogen-bond donors (Lipinski definition) is 1. The van der Waals surface area contributed by atoms with Crippen molar-refractivity contribution in [1.29, 1.82) is 0 Å². The van der Waals surface area contributed by atoms with Crippen LogP contribution in [0.5, 0.6) is 0 Å². The third kappa shape index (κ3) is 4.49. The Bertz CT molecular complexity index is 469. The molecule has 0 aliphatic carbocycles. The molecule has 0 spiro atoms. The summed E-state index contributed by atoms with van der Waals surface area (Å²) in [5.74, 6) is 0.0153. The van der Waals surface area contributed by atoms with Crippen molar-refractivity contribution in [2.45, 2.75) is 26.3 Å². The number of thiocarbonyl (C=S) groups is 1. The van der Waals surface area contributed by atoms with Crippen molar-refractivity contribution in [3.8, 4) is 0 Å². The van der Waals surface area contributed by atoms with Gasteiger partial charge in [0.05, 0.1) is 4.99 Å². The first kappa shape index (κ1) is 16.4. The lowest BCUT2D eigenvalue weighted by Gasteiger charge is -2.27. The number of carbonyl (C=O) groups excluding carboxylic acids is 1. The summed E-state index contributed by atoms with van der Waals surface area (Å²) in [7, 11) is 3.94. The van der Waals surface area contributed by atoms with Crippen LogP contribution in [0.3, 0.4) is 0 Å². The molecule has 1 amide bonds. The standard InChI is InChI=1S/C15H23N3OS/c1-11(2)18(10-9-14(16)20)15(19)12-5-7-13(8-6-12)17(3)4/h5-8,11H,9-10H2,1-4H3,(H2,16,20). The molecule has 1 aromatic rings. The van der Waals surface area contributed by atoms with Crippen molar-refractivity contribution in [2.75, 3.05) is 25.5 Å². The zero-order chi connectivity index (χ0) is 15.3. The largest absolute Gasteiger partial charge is 0.393 e. The molecule has 1 aromatic carbocycles. The van der Waals surface area contributed by atoms with Gasteiger partial charge in [-0.15, -0.1) is 0 Å². The van der Waals surface area contributed by atoms with Gasteiger partial charge >= 0.3 is 0 Å². The first-order valence-corrected chi connectivity index (χ1v) is 7.10. The van der Waals surface area contributed by atoms with Crippen LogP contribution in [0.4, 0.5) is 5.69 Å². The van der Waals surface area contributed by atoms with Crippen molar-refractivity contribution < 1.29 is 4.79 Å². The van der Waals surface area contributed by atoms with Gasteiger partial charge in [0.25, 0.3) is 5.91 Å². The summed E-state index contributed by atoms with van der Waals surface area (Å²) in [6, 6.07) is 7.71. The maximum atomic E-state index is 12.5. The number of rotatable bonds is 6. The number of nitrogens with two attached hydrogens (primary N) is 1. The highest BCUT2D eigenvalue weighted by atomic mass is 32.1. The third-order valence-corrected chi connectivity index (χ3v) is 3.32. The number of anilines is 1. The molecule has 0 saturated heterocycles. The number of carbonyl (C=O) groups is 1. The topological polar surface area (TPSA) is 49.6 Å². The van der Waals surface area contributed by atoms with Crippen molar-refractivity contribution in [2.24, 2.45) is 5.73 Å². The minimum absolute atomic E-state index is 0.0153. The molecule has 0 saturated carbocycles. The summed E-state index contributed by atoms with van der Waals surface area (Å²) < 4.78 is 0. The summed E-state index contributed by atoms with van der Waals surface area (Å²) in [5, 5.41) is 0. The lowest BCUT2D eigenvalue weighted by molar-refractivity contribution is 0.0711. The first-order valence-electron chi connectivity index (χ1n) is 6.69. The molecule has 0 radical (unpaired) electrons. The van der Waals surface area contributed by atoms with Gasteiger partial charge in [-0.1, -0.05) is 12.2 Å². The van der Waals surface area contributed by atoms with Gasteiger partial charge in [-0.2, -0.15) is 0 Å². The average Bonchev–Trinajstić information content (AvgIpc) is 2.38. The van der Waals surface area contributed by atoms with E-state index in [1.165, 1.54) is 0 Å². The Balaban J connectivity index is 2.86. The minimum atomic E-state index is 0.0153. The van der Waals surface area contributed by atoms with E-state index in [1.54, 1.807) is 4.90 Å². The van der Waals surface area contributed by atoms with Gasteiger partial charge in [0.2, 0.25) is 0 Å². The first-order chi connectivity index (χ1) is 9.32. The monoisotopic (exact) mass is 293 g/mol. The van der Waals surface area contributed by atoms with Crippen LogP contribution in [0.25, 0.3) is 0 Å². The molecule has 0 aromatic heterocycles. The van der Waals surface area contributed by atoms with Crippen LogP contribution in [0.2, 0.25) is 0 Å². The summed E-state index contributed by atoms with van der Waals surface area (Å²) in [4.78, 5) is 16.7. The lowest BCUT2D eigenvalue weighted by Crippen LogP contribution is -2.39. The molecule has 0 bridgehead atoms. The fourth-order valence-corrected chi connectivity index (χ4v) is 1.98. The molecule has 20 heavy (non-hydrogen) atoms. The highest BCUT2D eigenvalue weighted by molar-refractivity contribution is 7.80. The number of benzene rings is 1. The quantitative estimate of drug-likeness (QED) is 0.818. The van der Waals surface area contributed by atoms with E-state index in [4.69, 9.17) is 18.0 Å². The maximum Gasteiger partial charge on any atom is 0.254 e. The van der Waals surface area contributed by atoms with Gasteiger partial charge < -0.3 is 15.5 Å². The van der Waals surface area contributed by atoms with Gasteiger partial charge in [0, 0.05) is 44.4 Å². The Hall–Kier alpha value is -1.62. The Morgan fingerprint density at radius 1 is 1.25 bits per heavy atom. The van der Waals surface area contributed by atoms with Crippen molar-refractivity contribution >= 4 is 28.8 Å². The van der Waals surface area contributed by atoms with Crippen molar-refractivity contribution in [3.63, 3.8) is 0 Å². The van der Waals surface area contributed by atoms with E-state index in [-0.39, 0.29) is 11.9 Å². The van der Waals surface area contributed by atoms with Crippen LogP contribution >= 0.6 is 12.2 Å². The summed E-state index contributed by atoms with van der Waals surface area (Å²) >= 11 is 4.88. The molecule has 5 heteroatoms. The smallest absolute Gasteiger partial charge is 0.254 e. The Morgan fingerprint density at radius 3 is 2.20 bits per heavy atom. The fraction of sp³-hybridized carbons (Fsp3) is 0.467. The predicted octanol–water partition coefficient (Wildman–Crippen LogP) is 2.28. The number of amides is 1. The molecular formula is C15H23N3OS. The Kier molecular flexibility index (Phi) is 5.95. The molecule has 0 atom stereocenters. The van der Waals surface area contributed by atoms with Gasteiger partial charge in [-0.05, 0) is 38.1 Å². The van der Waals surface area contributed by atoms with Gasteiger partial charge in [0.1, 0.15) is 0 Å². The van der Waals surface area contributed by atoms with E-state index >= 15 is 0 Å². The zero-order valence-electron chi connectivity index (χ0n) is 12.6. The predicted molar refractivity (Wildman–Crippen MR) is 88.3 cm³/mol. The Labute approximate surface area is 126 Å². The molecule has 0 fully saturated rings. The second-order valence-corrected chi connectivity index (χ2v) is 5.77. The lowest BCUT2D eigenvalue weighted by atomic mass is 10.1. The van der Waals surface area contributed by atoms with Crippen LogP contribution in [0.15, 0.2) is 24.3 Å². The summed E-state index contributed by atoms with van der Waals surface area (Å²) in [6.07, 6.45) is 0.551. The van der Waals surface area contributed by atoms with Gasteiger partial charge in [0.15, 0.2) is 0 Å². The molecule has 1 rings (SSSR count). The van der Waals surface area contributed by atoms with Crippen molar-refractivity contribution in [3.05, 3.63) is 29.8 Å². The summed E-state index contributed by atoms with van der Waals surface area (Å²) in [5.41, 5.74) is 7.28. The van der Waals surface area contributed by atoms with E-state index in [0.717, 1.165) is 5.69 Å². The molecule has 4 nitrogen and oxygen atoms in total. The molecule has 2 N–H and O–H groups in total. The van der Waals surface area contributed by atoms with E-state index in [9.17, 15) is 4.79 Å². The van der Waals surface area contributed by atoms with Gasteiger partial charge in [-0.3, -0.25) is 4.79 Å². The molecule has 0 unspecified atom stereocenters. The molecule has 110 valence electrons. The fourth-order valence-electron chi connectivity index (χ4n) is 1.89.